The van der Waals surface area contributed by atoms with Crippen molar-refractivity contribution < 1.29 is 40.9 Å². The summed E-state index contributed by atoms with van der Waals surface area (Å²) in [6.45, 7) is 5.14. The first-order valence-electron chi connectivity index (χ1n) is 20.8. The first-order valence-corrected chi connectivity index (χ1v) is 22.2. The Morgan fingerprint density at radius 3 is 2.02 bits per heavy atom. The molecule has 1 aliphatic rings. The van der Waals surface area contributed by atoms with E-state index in [4.69, 9.17) is 23.4 Å². The fraction of sp³-hybridized carbons (Fsp3) is 0.196. The van der Waals surface area contributed by atoms with E-state index in [1.807, 2.05) is 36.4 Å². The minimum Gasteiger partial charge on any atom is -0.744 e. The van der Waals surface area contributed by atoms with Gasteiger partial charge in [-0.1, -0.05) is 110 Å². The van der Waals surface area contributed by atoms with Crippen LogP contribution in [0.2, 0.25) is 0 Å². The maximum Gasteiger partial charge on any atom is 0.374 e. The Morgan fingerprint density at radius 1 is 0.710 bits per heavy atom. The van der Waals surface area contributed by atoms with Crippen LogP contribution >= 0.6 is 0 Å². The zero-order valence-electron chi connectivity index (χ0n) is 34.5. The summed E-state index contributed by atoms with van der Waals surface area (Å²) in [5.74, 6) is 2.74. The van der Waals surface area contributed by atoms with E-state index in [1.54, 1.807) is 0 Å². The molecular weight excluding hydrogens is 801 g/mol. The number of oxazole rings is 1. The first kappa shape index (κ1) is 42.2. The third-order valence-electron chi connectivity index (χ3n) is 10.6. The minimum absolute atomic E-state index is 0.256. The zero-order valence-corrected chi connectivity index (χ0v) is 35.3. The summed E-state index contributed by atoms with van der Waals surface area (Å²) < 4.78 is 66.2. The smallest absolute Gasteiger partial charge is 0.374 e. The number of rotatable bonds is 19. The topological polar surface area (TPSA) is 114 Å². The number of ether oxygens (including phenoxy) is 4. The number of aromatic nitrogens is 1. The van der Waals surface area contributed by atoms with Gasteiger partial charge in [0.05, 0.1) is 36.5 Å². The minimum atomic E-state index is -4.50. The summed E-state index contributed by atoms with van der Waals surface area (Å²) in [6, 6.07) is 49.3. The van der Waals surface area contributed by atoms with Gasteiger partial charge >= 0.3 is 5.89 Å². The maximum atomic E-state index is 11.2. The van der Waals surface area contributed by atoms with E-state index >= 15 is 0 Å². The monoisotopic (exact) mass is 848 g/mol. The molecular formula is C51H48N2O8S. The SMILES string of the molecule is CCC(=Cc1oc2ccc(-c3ccccc3)cc2[n+]1CCOCCOCCOc1ccc(S(=O)(=O)[O-])cc1)C=C1Oc2ccc(-c3ccccc3)cc2N1CCc1ccccc1. The lowest BCUT2D eigenvalue weighted by Crippen LogP contribution is -2.38. The third-order valence-corrected chi connectivity index (χ3v) is 11.5. The molecule has 2 heterocycles. The Morgan fingerprint density at radius 2 is 1.34 bits per heavy atom. The summed E-state index contributed by atoms with van der Waals surface area (Å²) in [6.07, 6.45) is 5.82. The molecule has 0 saturated heterocycles. The van der Waals surface area contributed by atoms with Crippen molar-refractivity contribution in [1.29, 1.82) is 0 Å². The fourth-order valence-corrected chi connectivity index (χ4v) is 7.82. The Hall–Kier alpha value is -6.50. The van der Waals surface area contributed by atoms with Gasteiger partial charge in [0, 0.05) is 18.7 Å². The molecule has 1 aromatic heterocycles. The molecule has 10 nitrogen and oxygen atoms in total. The first-order chi connectivity index (χ1) is 30.3. The highest BCUT2D eigenvalue weighted by molar-refractivity contribution is 7.85. The van der Waals surface area contributed by atoms with Crippen molar-refractivity contribution in [2.24, 2.45) is 0 Å². The van der Waals surface area contributed by atoms with Gasteiger partial charge < -0.3 is 32.8 Å². The van der Waals surface area contributed by atoms with Crippen molar-refractivity contribution in [3.8, 4) is 33.8 Å². The molecule has 11 heteroatoms. The Labute approximate surface area is 362 Å². The summed E-state index contributed by atoms with van der Waals surface area (Å²) in [5, 5.41) is 0. The molecule has 0 N–H and O–H groups in total. The van der Waals surface area contributed by atoms with Gasteiger partial charge in [-0.3, -0.25) is 0 Å². The summed E-state index contributed by atoms with van der Waals surface area (Å²) in [4.78, 5) is 1.98. The van der Waals surface area contributed by atoms with Crippen LogP contribution in [0, 0.1) is 0 Å². The van der Waals surface area contributed by atoms with Gasteiger partial charge in [0.1, 0.15) is 29.1 Å². The zero-order chi connectivity index (χ0) is 42.7. The number of hydrogen-bond acceptors (Lipinski definition) is 9. The molecule has 316 valence electrons. The van der Waals surface area contributed by atoms with Crippen molar-refractivity contribution in [3.63, 3.8) is 0 Å². The molecule has 0 unspecified atom stereocenters. The second kappa shape index (κ2) is 19.9. The van der Waals surface area contributed by atoms with Gasteiger partial charge in [0.15, 0.2) is 12.3 Å². The van der Waals surface area contributed by atoms with E-state index < -0.39 is 10.1 Å². The van der Waals surface area contributed by atoms with Crippen molar-refractivity contribution >= 4 is 33.0 Å². The number of fused-ring (bicyclic) bond motifs is 2. The van der Waals surface area contributed by atoms with Crippen LogP contribution < -0.4 is 18.9 Å². The predicted molar refractivity (Wildman–Crippen MR) is 240 cm³/mol. The van der Waals surface area contributed by atoms with Crippen molar-refractivity contribution in [2.75, 3.05) is 44.5 Å². The van der Waals surface area contributed by atoms with Crippen LogP contribution in [0.4, 0.5) is 5.69 Å². The van der Waals surface area contributed by atoms with Gasteiger partial charge in [-0.25, -0.2) is 8.42 Å². The molecule has 8 rings (SSSR count). The van der Waals surface area contributed by atoms with Crippen molar-refractivity contribution in [2.45, 2.75) is 31.2 Å². The largest absolute Gasteiger partial charge is 0.744 e. The molecule has 0 fully saturated rings. The Kier molecular flexibility index (Phi) is 13.6. The maximum absolute atomic E-state index is 11.2. The van der Waals surface area contributed by atoms with Gasteiger partial charge in [-0.05, 0) is 88.7 Å². The van der Waals surface area contributed by atoms with Crippen LogP contribution in [0.3, 0.4) is 0 Å². The van der Waals surface area contributed by atoms with Crippen LogP contribution in [0.25, 0.3) is 39.4 Å². The van der Waals surface area contributed by atoms with E-state index in [9.17, 15) is 13.0 Å². The highest BCUT2D eigenvalue weighted by atomic mass is 32.2. The average molecular weight is 849 g/mol. The molecule has 0 radical (unpaired) electrons. The van der Waals surface area contributed by atoms with Crippen molar-refractivity contribution in [3.05, 3.63) is 181 Å². The lowest BCUT2D eigenvalue weighted by molar-refractivity contribution is -0.679. The molecule has 0 spiro atoms. The van der Waals surface area contributed by atoms with Crippen LogP contribution in [-0.4, -0.2) is 52.5 Å². The third kappa shape index (κ3) is 10.5. The number of allylic oxidation sites excluding steroid dienone is 2. The lowest BCUT2D eigenvalue weighted by atomic mass is 10.0. The second-order valence-corrected chi connectivity index (χ2v) is 16.1. The Balaban J connectivity index is 0.994. The molecule has 1 aliphatic heterocycles. The van der Waals surface area contributed by atoms with Crippen LogP contribution in [0.15, 0.2) is 179 Å². The summed E-state index contributed by atoms with van der Waals surface area (Å²) >= 11 is 0. The summed E-state index contributed by atoms with van der Waals surface area (Å²) in [7, 11) is -4.50. The molecule has 0 aliphatic carbocycles. The normalized spacial score (nSPS) is 13.4. The second-order valence-electron chi connectivity index (χ2n) is 14.7. The fourth-order valence-electron chi connectivity index (χ4n) is 7.35. The standard InChI is InChI=1S/C51H48N2O8S/c1-2-38(34-50-52(27-26-39-12-6-3-7-13-39)46-36-42(18-24-48(46)60-50)40-14-8-4-9-15-40)35-51-53(47-37-43(19-25-49(47)61-51)41-16-10-5-11-17-41)28-29-57-30-31-58-32-33-59-44-20-22-45(23-21-44)62(54,55)56/h3-25,34-37H,2,26-33H2,1H3. The number of benzene rings is 6. The molecule has 62 heavy (non-hydrogen) atoms. The average Bonchev–Trinajstić information content (AvgIpc) is 3.83. The van der Waals surface area contributed by atoms with Gasteiger partial charge in [0.25, 0.3) is 5.52 Å². The van der Waals surface area contributed by atoms with Crippen molar-refractivity contribution in [1.82, 2.24) is 0 Å². The molecule has 6 aromatic carbocycles. The summed E-state index contributed by atoms with van der Waals surface area (Å²) in [5.41, 5.74) is 9.56. The lowest BCUT2D eigenvalue weighted by Gasteiger charge is -2.19. The van der Waals surface area contributed by atoms with E-state index in [2.05, 4.69) is 120 Å². The number of nitrogens with zero attached hydrogens (tertiary/aromatic N) is 2. The molecule has 0 bridgehead atoms. The van der Waals surface area contributed by atoms with E-state index in [0.717, 1.165) is 75.6 Å². The molecule has 7 aromatic rings. The molecule has 0 atom stereocenters. The highest BCUT2D eigenvalue weighted by Crippen LogP contribution is 2.42. The van der Waals surface area contributed by atoms with E-state index in [-0.39, 0.29) is 11.5 Å². The van der Waals surface area contributed by atoms with Crippen LogP contribution in [0.1, 0.15) is 24.8 Å². The molecule has 0 saturated carbocycles. The number of hydrogen-bond donors (Lipinski definition) is 0. The van der Waals surface area contributed by atoms with E-state index in [0.29, 0.717) is 44.6 Å². The van der Waals surface area contributed by atoms with Crippen LogP contribution in [-0.2, 0) is 32.6 Å². The van der Waals surface area contributed by atoms with Crippen LogP contribution in [0.5, 0.6) is 11.5 Å². The quantitative estimate of drug-likeness (QED) is 0.0446. The number of anilines is 1. The highest BCUT2D eigenvalue weighted by Gasteiger charge is 2.28. The van der Waals surface area contributed by atoms with Gasteiger partial charge in [0.2, 0.25) is 11.5 Å². The predicted octanol–water partition coefficient (Wildman–Crippen LogP) is 9.85. The van der Waals surface area contributed by atoms with E-state index in [1.165, 1.54) is 29.8 Å². The Bertz CT molecular complexity index is 2750. The van der Waals surface area contributed by atoms with Gasteiger partial charge in [-0.2, -0.15) is 4.57 Å². The van der Waals surface area contributed by atoms with Gasteiger partial charge in [-0.15, -0.1) is 0 Å². The molecule has 0 amide bonds.